The lowest BCUT2D eigenvalue weighted by Crippen LogP contribution is -2.40. The molecule has 17 heavy (non-hydrogen) atoms. The van der Waals surface area contributed by atoms with Crippen molar-refractivity contribution in [3.05, 3.63) is 29.6 Å². The molecule has 0 N–H and O–H groups in total. The van der Waals surface area contributed by atoms with Crippen LogP contribution < -0.4 is 0 Å². The number of carbonyl (C=O) groups excluding carboxylic acids is 1. The molecule has 3 nitrogen and oxygen atoms in total. The number of hydrogen-bond donors (Lipinski definition) is 0. The molecule has 0 spiro atoms. The number of aromatic nitrogens is 1. The molecule has 94 valence electrons. The van der Waals surface area contributed by atoms with E-state index in [9.17, 15) is 4.79 Å². The Balaban J connectivity index is 2.77. The fourth-order valence-electron chi connectivity index (χ4n) is 1.15. The number of hydrogen-bond acceptors (Lipinski definition) is 3. The van der Waals surface area contributed by atoms with Crippen molar-refractivity contribution in [2.24, 2.45) is 0 Å². The van der Waals surface area contributed by atoms with Crippen LogP contribution >= 0.6 is 0 Å². The predicted molar refractivity (Wildman–Crippen MR) is 71.6 cm³/mol. The van der Waals surface area contributed by atoms with Crippen molar-refractivity contribution in [2.45, 2.75) is 45.5 Å². The van der Waals surface area contributed by atoms with Gasteiger partial charge in [-0.05, 0) is 24.2 Å². The van der Waals surface area contributed by atoms with Crippen LogP contribution in [0.25, 0.3) is 0 Å². The molecular weight excluding hydrogens is 230 g/mol. The molecule has 1 heterocycles. The standard InChI is InChI=1S/C13H21NO2Si/c1-13(2,3)17(4,5)16-10-11-7-6-8-14-12(11)9-15/h6-9H,10H2,1-5H3. The minimum atomic E-state index is -1.77. The molecule has 0 saturated heterocycles. The summed E-state index contributed by atoms with van der Waals surface area (Å²) in [7, 11) is -1.77. The summed E-state index contributed by atoms with van der Waals surface area (Å²) in [5.74, 6) is 0. The molecule has 0 atom stereocenters. The molecular formula is C13H21NO2Si. The van der Waals surface area contributed by atoms with E-state index >= 15 is 0 Å². The third-order valence-electron chi connectivity index (χ3n) is 3.43. The zero-order valence-corrected chi connectivity index (χ0v) is 12.3. The van der Waals surface area contributed by atoms with Gasteiger partial charge in [-0.1, -0.05) is 26.8 Å². The van der Waals surface area contributed by atoms with E-state index in [4.69, 9.17) is 4.43 Å². The van der Waals surface area contributed by atoms with Gasteiger partial charge in [0.05, 0.1) is 6.61 Å². The minimum Gasteiger partial charge on any atom is -0.412 e. The Labute approximate surface area is 104 Å². The monoisotopic (exact) mass is 251 g/mol. The first-order valence-corrected chi connectivity index (χ1v) is 8.72. The zero-order chi connectivity index (χ0) is 13.1. The molecule has 1 aromatic heterocycles. The molecule has 0 amide bonds. The third kappa shape index (κ3) is 3.48. The Bertz CT molecular complexity index is 397. The van der Waals surface area contributed by atoms with Crippen molar-refractivity contribution in [1.82, 2.24) is 4.98 Å². The fraction of sp³-hybridized carbons (Fsp3) is 0.538. The average molecular weight is 251 g/mol. The molecule has 0 fully saturated rings. The SMILES string of the molecule is CC(C)(C)[Si](C)(C)OCc1cccnc1C=O. The van der Waals surface area contributed by atoms with Crippen molar-refractivity contribution >= 4 is 14.6 Å². The molecule has 4 heteroatoms. The maximum absolute atomic E-state index is 10.8. The first kappa shape index (κ1) is 14.1. The van der Waals surface area contributed by atoms with Crippen LogP contribution in [-0.2, 0) is 11.0 Å². The highest BCUT2D eigenvalue weighted by Crippen LogP contribution is 2.37. The van der Waals surface area contributed by atoms with Gasteiger partial charge >= 0.3 is 0 Å². The summed E-state index contributed by atoms with van der Waals surface area (Å²) in [5, 5.41) is 0.177. The molecule has 0 aliphatic carbocycles. The van der Waals surface area contributed by atoms with E-state index in [-0.39, 0.29) is 5.04 Å². The van der Waals surface area contributed by atoms with E-state index < -0.39 is 8.32 Å². The van der Waals surface area contributed by atoms with Gasteiger partial charge in [-0.25, -0.2) is 0 Å². The lowest BCUT2D eigenvalue weighted by atomic mass is 10.2. The van der Waals surface area contributed by atoms with E-state index in [0.29, 0.717) is 12.3 Å². The summed E-state index contributed by atoms with van der Waals surface area (Å²) in [6.07, 6.45) is 2.41. The second kappa shape index (κ2) is 5.10. The van der Waals surface area contributed by atoms with E-state index in [1.165, 1.54) is 0 Å². The highest BCUT2D eigenvalue weighted by Gasteiger charge is 2.37. The first-order chi connectivity index (χ1) is 7.78. The molecule has 0 aromatic carbocycles. The van der Waals surface area contributed by atoms with Crippen molar-refractivity contribution in [2.75, 3.05) is 0 Å². The van der Waals surface area contributed by atoms with Gasteiger partial charge in [0.15, 0.2) is 14.6 Å². The van der Waals surface area contributed by atoms with Gasteiger partial charge in [-0.15, -0.1) is 0 Å². The second-order valence-electron chi connectivity index (χ2n) is 5.71. The largest absolute Gasteiger partial charge is 0.412 e. The minimum absolute atomic E-state index is 0.177. The normalized spacial score (nSPS) is 12.5. The Kier molecular flexibility index (Phi) is 4.22. The number of aldehydes is 1. The summed E-state index contributed by atoms with van der Waals surface area (Å²) in [4.78, 5) is 14.9. The van der Waals surface area contributed by atoms with Crippen molar-refractivity contribution in [1.29, 1.82) is 0 Å². The van der Waals surface area contributed by atoms with Crippen LogP contribution in [0.2, 0.25) is 18.1 Å². The quantitative estimate of drug-likeness (QED) is 0.608. The highest BCUT2D eigenvalue weighted by molar-refractivity contribution is 6.74. The lowest BCUT2D eigenvalue weighted by Gasteiger charge is -2.36. The molecule has 0 unspecified atom stereocenters. The van der Waals surface area contributed by atoms with Crippen LogP contribution in [0.5, 0.6) is 0 Å². The molecule has 0 radical (unpaired) electrons. The number of carbonyl (C=O) groups is 1. The lowest BCUT2D eigenvalue weighted by molar-refractivity contribution is 0.111. The van der Waals surface area contributed by atoms with Gasteiger partial charge in [-0.2, -0.15) is 0 Å². The summed E-state index contributed by atoms with van der Waals surface area (Å²) in [5.41, 5.74) is 1.35. The van der Waals surface area contributed by atoms with Crippen LogP contribution in [0.4, 0.5) is 0 Å². The highest BCUT2D eigenvalue weighted by atomic mass is 28.4. The number of rotatable bonds is 4. The van der Waals surface area contributed by atoms with Gasteiger partial charge in [-0.3, -0.25) is 9.78 Å². The topological polar surface area (TPSA) is 39.2 Å². The van der Waals surface area contributed by atoms with Crippen molar-refractivity contribution < 1.29 is 9.22 Å². The van der Waals surface area contributed by atoms with Gasteiger partial charge < -0.3 is 4.43 Å². The summed E-state index contributed by atoms with van der Waals surface area (Å²) in [6, 6.07) is 3.72. The fourth-order valence-corrected chi connectivity index (χ4v) is 2.10. The van der Waals surface area contributed by atoms with Gasteiger partial charge in [0.25, 0.3) is 0 Å². The molecule has 0 aliphatic heterocycles. The summed E-state index contributed by atoms with van der Waals surface area (Å²) in [6.45, 7) is 11.5. The van der Waals surface area contributed by atoms with E-state index in [0.717, 1.165) is 11.8 Å². The van der Waals surface area contributed by atoms with Crippen LogP contribution in [0.3, 0.4) is 0 Å². The molecule has 0 saturated carbocycles. The third-order valence-corrected chi connectivity index (χ3v) is 7.91. The summed E-state index contributed by atoms with van der Waals surface area (Å²) >= 11 is 0. The van der Waals surface area contributed by atoms with Crippen LogP contribution in [0.1, 0.15) is 36.8 Å². The molecule has 0 aliphatic rings. The maximum Gasteiger partial charge on any atom is 0.192 e. The molecule has 0 bridgehead atoms. The first-order valence-electron chi connectivity index (χ1n) is 5.81. The van der Waals surface area contributed by atoms with Gasteiger partial charge in [0, 0.05) is 11.8 Å². The maximum atomic E-state index is 10.8. The van der Waals surface area contributed by atoms with Gasteiger partial charge in [0.2, 0.25) is 0 Å². The van der Waals surface area contributed by atoms with Crippen LogP contribution in [0, 0.1) is 0 Å². The van der Waals surface area contributed by atoms with Gasteiger partial charge in [0.1, 0.15) is 5.69 Å². The second-order valence-corrected chi connectivity index (χ2v) is 10.5. The average Bonchev–Trinajstić information content (AvgIpc) is 2.25. The number of nitrogens with zero attached hydrogens (tertiary/aromatic N) is 1. The zero-order valence-electron chi connectivity index (χ0n) is 11.3. The van der Waals surface area contributed by atoms with E-state index in [1.54, 1.807) is 6.20 Å². The Hall–Kier alpha value is -1.00. The predicted octanol–water partition coefficient (Wildman–Crippen LogP) is 3.42. The summed E-state index contributed by atoms with van der Waals surface area (Å²) < 4.78 is 6.06. The number of pyridine rings is 1. The smallest absolute Gasteiger partial charge is 0.192 e. The van der Waals surface area contributed by atoms with E-state index in [2.05, 4.69) is 38.8 Å². The molecule has 1 aromatic rings. The Morgan fingerprint density at radius 3 is 2.59 bits per heavy atom. The molecule has 1 rings (SSSR count). The van der Waals surface area contributed by atoms with Crippen LogP contribution in [-0.4, -0.2) is 19.6 Å². The van der Waals surface area contributed by atoms with E-state index in [1.807, 2.05) is 12.1 Å². The van der Waals surface area contributed by atoms with Crippen molar-refractivity contribution in [3.8, 4) is 0 Å². The van der Waals surface area contributed by atoms with Crippen LogP contribution in [0.15, 0.2) is 18.3 Å². The Morgan fingerprint density at radius 1 is 1.41 bits per heavy atom. The van der Waals surface area contributed by atoms with Crippen molar-refractivity contribution in [3.63, 3.8) is 0 Å². The Morgan fingerprint density at radius 2 is 2.06 bits per heavy atom.